The van der Waals surface area contributed by atoms with Gasteiger partial charge in [0.2, 0.25) is 0 Å². The van der Waals surface area contributed by atoms with Crippen LogP contribution < -0.4 is 15.2 Å². The second-order valence-corrected chi connectivity index (χ2v) is 5.24. The number of ether oxygens (including phenoxy) is 2. The molecule has 0 aromatic heterocycles. The Hall–Kier alpha value is -1.72. The van der Waals surface area contributed by atoms with Gasteiger partial charge in [-0.25, -0.2) is 0 Å². The van der Waals surface area contributed by atoms with Gasteiger partial charge in [-0.2, -0.15) is 0 Å². The second-order valence-electron chi connectivity index (χ2n) is 3.95. The molecule has 0 radical (unpaired) electrons. The van der Waals surface area contributed by atoms with Crippen molar-refractivity contribution in [3.8, 4) is 17.2 Å². The fourth-order valence-corrected chi connectivity index (χ4v) is 2.22. The third-order valence-electron chi connectivity index (χ3n) is 2.59. The molecule has 0 atom stereocenters. The van der Waals surface area contributed by atoms with Crippen molar-refractivity contribution >= 4 is 33.4 Å². The number of amidine groups is 1. The van der Waals surface area contributed by atoms with Crippen LogP contribution in [-0.2, 0) is 0 Å². The highest BCUT2D eigenvalue weighted by Crippen LogP contribution is 2.34. The van der Waals surface area contributed by atoms with Crippen molar-refractivity contribution in [1.29, 1.82) is 5.41 Å². The summed E-state index contributed by atoms with van der Waals surface area (Å²) in [4.78, 5) is 0. The Balaban J connectivity index is 2.37. The van der Waals surface area contributed by atoms with E-state index in [1.165, 1.54) is 0 Å². The van der Waals surface area contributed by atoms with Gasteiger partial charge in [0.15, 0.2) is 0 Å². The van der Waals surface area contributed by atoms with Crippen molar-refractivity contribution in [3.05, 3.63) is 51.5 Å². The third-order valence-corrected chi connectivity index (χ3v) is 3.45. The van der Waals surface area contributed by atoms with E-state index in [4.69, 9.17) is 32.2 Å². The quantitative estimate of drug-likeness (QED) is 0.638. The Morgan fingerprint density at radius 1 is 1.20 bits per heavy atom. The molecule has 4 nitrogen and oxygen atoms in total. The van der Waals surface area contributed by atoms with Crippen molar-refractivity contribution in [1.82, 2.24) is 0 Å². The van der Waals surface area contributed by atoms with Gasteiger partial charge in [0, 0.05) is 5.02 Å². The van der Waals surface area contributed by atoms with Gasteiger partial charge in [0.1, 0.15) is 23.1 Å². The summed E-state index contributed by atoms with van der Waals surface area (Å²) in [5.41, 5.74) is 5.98. The van der Waals surface area contributed by atoms with Crippen molar-refractivity contribution in [2.24, 2.45) is 5.73 Å². The summed E-state index contributed by atoms with van der Waals surface area (Å²) in [6.45, 7) is 0. The number of benzene rings is 2. The molecule has 3 N–H and O–H groups in total. The van der Waals surface area contributed by atoms with Crippen LogP contribution in [0.25, 0.3) is 0 Å². The fourth-order valence-electron chi connectivity index (χ4n) is 1.61. The highest BCUT2D eigenvalue weighted by molar-refractivity contribution is 9.10. The molecule has 0 saturated heterocycles. The Kier molecular flexibility index (Phi) is 4.52. The molecule has 0 fully saturated rings. The normalized spacial score (nSPS) is 10.2. The van der Waals surface area contributed by atoms with Crippen LogP contribution in [0.1, 0.15) is 5.56 Å². The largest absolute Gasteiger partial charge is 0.497 e. The summed E-state index contributed by atoms with van der Waals surface area (Å²) >= 11 is 9.31. The van der Waals surface area contributed by atoms with E-state index in [1.807, 2.05) is 0 Å². The minimum Gasteiger partial charge on any atom is -0.497 e. The van der Waals surface area contributed by atoms with Crippen LogP contribution in [0.3, 0.4) is 0 Å². The average molecular weight is 356 g/mol. The number of hydrogen-bond donors (Lipinski definition) is 2. The molecule has 0 aliphatic carbocycles. The smallest absolute Gasteiger partial charge is 0.141 e. The van der Waals surface area contributed by atoms with Crippen LogP contribution in [0.2, 0.25) is 5.02 Å². The van der Waals surface area contributed by atoms with E-state index in [0.717, 1.165) is 4.47 Å². The van der Waals surface area contributed by atoms with E-state index in [2.05, 4.69) is 15.9 Å². The van der Waals surface area contributed by atoms with Crippen molar-refractivity contribution in [2.75, 3.05) is 7.11 Å². The SMILES string of the molecule is COc1ccc(Oc2ccc(Cl)cc2C(=N)N)c(Br)c1. The zero-order valence-electron chi connectivity index (χ0n) is 10.6. The van der Waals surface area contributed by atoms with Gasteiger partial charge >= 0.3 is 0 Å². The van der Waals surface area contributed by atoms with Gasteiger partial charge < -0.3 is 15.2 Å². The number of nitrogen functional groups attached to an aromatic ring is 1. The van der Waals surface area contributed by atoms with E-state index < -0.39 is 0 Å². The van der Waals surface area contributed by atoms with Crippen molar-refractivity contribution < 1.29 is 9.47 Å². The number of halogens is 2. The predicted molar refractivity (Wildman–Crippen MR) is 83.2 cm³/mol. The molecule has 6 heteroatoms. The minimum atomic E-state index is -0.105. The molecule has 104 valence electrons. The number of nitrogens with two attached hydrogens (primary N) is 1. The summed E-state index contributed by atoms with van der Waals surface area (Å²) in [5, 5.41) is 8.06. The number of methoxy groups -OCH3 is 1. The lowest BCUT2D eigenvalue weighted by Gasteiger charge is -2.12. The first-order chi connectivity index (χ1) is 9.51. The zero-order chi connectivity index (χ0) is 14.7. The maximum atomic E-state index is 7.56. The standard InChI is InChI=1S/C14H12BrClN2O2/c1-19-9-3-5-13(11(15)7-9)20-12-4-2-8(16)6-10(12)14(17)18/h2-7H,1H3,(H3,17,18). The molecule has 0 bridgehead atoms. The first-order valence-corrected chi connectivity index (χ1v) is 6.83. The van der Waals surface area contributed by atoms with Crippen molar-refractivity contribution in [2.45, 2.75) is 0 Å². The van der Waals surface area contributed by atoms with Crippen LogP contribution in [-0.4, -0.2) is 12.9 Å². The number of nitrogens with one attached hydrogen (secondary N) is 1. The predicted octanol–water partition coefficient (Wildman–Crippen LogP) is 4.19. The number of hydrogen-bond acceptors (Lipinski definition) is 3. The molecule has 2 aromatic carbocycles. The lowest BCUT2D eigenvalue weighted by atomic mass is 10.2. The molecule has 2 aromatic rings. The highest BCUT2D eigenvalue weighted by atomic mass is 79.9. The van der Waals surface area contributed by atoms with Crippen LogP contribution in [0.5, 0.6) is 17.2 Å². The molecular weight excluding hydrogens is 344 g/mol. The zero-order valence-corrected chi connectivity index (χ0v) is 13.0. The van der Waals surface area contributed by atoms with E-state index >= 15 is 0 Å². The Labute approximate surface area is 130 Å². The lowest BCUT2D eigenvalue weighted by Crippen LogP contribution is -2.12. The fraction of sp³-hybridized carbons (Fsp3) is 0.0714. The summed E-state index contributed by atoms with van der Waals surface area (Å²) in [6.07, 6.45) is 0. The monoisotopic (exact) mass is 354 g/mol. The average Bonchev–Trinajstić information content (AvgIpc) is 2.42. The summed E-state index contributed by atoms with van der Waals surface area (Å²) < 4.78 is 11.6. The van der Waals surface area contributed by atoms with Crippen LogP contribution in [0.15, 0.2) is 40.9 Å². The maximum absolute atomic E-state index is 7.56. The van der Waals surface area contributed by atoms with E-state index in [-0.39, 0.29) is 5.84 Å². The number of rotatable bonds is 4. The lowest BCUT2D eigenvalue weighted by molar-refractivity contribution is 0.412. The molecule has 0 aliphatic heterocycles. The van der Waals surface area contributed by atoms with E-state index in [9.17, 15) is 0 Å². The van der Waals surface area contributed by atoms with E-state index in [1.54, 1.807) is 43.5 Å². The Morgan fingerprint density at radius 2 is 1.90 bits per heavy atom. The van der Waals surface area contributed by atoms with Gasteiger partial charge in [-0.05, 0) is 52.3 Å². The van der Waals surface area contributed by atoms with Gasteiger partial charge in [0.25, 0.3) is 0 Å². The van der Waals surface area contributed by atoms with E-state index in [0.29, 0.717) is 27.8 Å². The molecule has 0 aliphatic rings. The maximum Gasteiger partial charge on any atom is 0.141 e. The summed E-state index contributed by atoms with van der Waals surface area (Å²) in [7, 11) is 1.59. The Bertz CT molecular complexity index is 662. The molecule has 20 heavy (non-hydrogen) atoms. The van der Waals surface area contributed by atoms with Gasteiger partial charge in [-0.3, -0.25) is 5.41 Å². The van der Waals surface area contributed by atoms with Gasteiger partial charge in [-0.1, -0.05) is 11.6 Å². The highest BCUT2D eigenvalue weighted by Gasteiger charge is 2.11. The Morgan fingerprint density at radius 3 is 2.50 bits per heavy atom. The first-order valence-electron chi connectivity index (χ1n) is 5.66. The molecule has 0 heterocycles. The van der Waals surface area contributed by atoms with Gasteiger partial charge in [0.05, 0.1) is 17.1 Å². The molecular formula is C14H12BrClN2O2. The molecule has 2 rings (SSSR count). The van der Waals surface area contributed by atoms with Crippen LogP contribution in [0, 0.1) is 5.41 Å². The summed E-state index contributed by atoms with van der Waals surface area (Å²) in [6, 6.07) is 10.3. The van der Waals surface area contributed by atoms with Crippen molar-refractivity contribution in [3.63, 3.8) is 0 Å². The van der Waals surface area contributed by atoms with Crippen LogP contribution >= 0.6 is 27.5 Å². The topological polar surface area (TPSA) is 68.3 Å². The first kappa shape index (κ1) is 14.7. The summed E-state index contributed by atoms with van der Waals surface area (Å²) in [5.74, 6) is 1.67. The third kappa shape index (κ3) is 3.23. The minimum absolute atomic E-state index is 0.105. The second kappa shape index (κ2) is 6.15. The molecule has 0 saturated carbocycles. The van der Waals surface area contributed by atoms with Gasteiger partial charge in [-0.15, -0.1) is 0 Å². The molecule has 0 unspecified atom stereocenters. The van der Waals surface area contributed by atoms with Crippen LogP contribution in [0.4, 0.5) is 0 Å². The molecule has 0 amide bonds. The molecule has 0 spiro atoms.